The SMILES string of the molecule is CNCc1c(F)cccc1-n1nc(C)c(C)c1C. The lowest BCUT2D eigenvalue weighted by molar-refractivity contribution is 0.596. The molecule has 0 spiro atoms. The van der Waals surface area contributed by atoms with Crippen molar-refractivity contribution < 1.29 is 4.39 Å². The maximum Gasteiger partial charge on any atom is 0.129 e. The van der Waals surface area contributed by atoms with Gasteiger partial charge in [-0.15, -0.1) is 0 Å². The molecule has 1 aromatic heterocycles. The fourth-order valence-electron chi connectivity index (χ4n) is 2.05. The third-order valence-electron chi connectivity index (χ3n) is 3.33. The van der Waals surface area contributed by atoms with Crippen molar-refractivity contribution in [2.75, 3.05) is 7.05 Å². The molecule has 0 saturated heterocycles. The zero-order valence-electron chi connectivity index (χ0n) is 11.2. The molecule has 18 heavy (non-hydrogen) atoms. The van der Waals surface area contributed by atoms with Gasteiger partial charge in [-0.25, -0.2) is 9.07 Å². The summed E-state index contributed by atoms with van der Waals surface area (Å²) < 4.78 is 15.7. The molecule has 0 amide bonds. The molecule has 1 heterocycles. The van der Waals surface area contributed by atoms with Crippen molar-refractivity contribution in [1.82, 2.24) is 15.1 Å². The van der Waals surface area contributed by atoms with Crippen molar-refractivity contribution in [3.8, 4) is 5.69 Å². The first-order valence-corrected chi connectivity index (χ1v) is 6.01. The van der Waals surface area contributed by atoms with Crippen molar-refractivity contribution in [2.45, 2.75) is 27.3 Å². The Morgan fingerprint density at radius 1 is 1.28 bits per heavy atom. The summed E-state index contributed by atoms with van der Waals surface area (Å²) in [7, 11) is 1.81. The molecule has 0 atom stereocenters. The molecular weight excluding hydrogens is 229 g/mol. The van der Waals surface area contributed by atoms with Gasteiger partial charge in [-0.2, -0.15) is 5.10 Å². The minimum absolute atomic E-state index is 0.202. The Bertz CT molecular complexity index is 573. The summed E-state index contributed by atoms with van der Waals surface area (Å²) in [6.07, 6.45) is 0. The predicted octanol–water partition coefficient (Wildman–Crippen LogP) is 2.66. The first-order chi connectivity index (χ1) is 8.56. The Kier molecular flexibility index (Phi) is 3.48. The number of hydrogen-bond donors (Lipinski definition) is 1. The van der Waals surface area contributed by atoms with Crippen LogP contribution < -0.4 is 5.32 Å². The van der Waals surface area contributed by atoms with Gasteiger partial charge in [-0.05, 0) is 45.5 Å². The second kappa shape index (κ2) is 4.90. The van der Waals surface area contributed by atoms with E-state index in [0.717, 1.165) is 22.6 Å². The molecule has 0 aliphatic rings. The molecule has 3 nitrogen and oxygen atoms in total. The van der Waals surface area contributed by atoms with Crippen LogP contribution in [0.15, 0.2) is 18.2 Å². The van der Waals surface area contributed by atoms with Crippen LogP contribution in [0.4, 0.5) is 4.39 Å². The van der Waals surface area contributed by atoms with Gasteiger partial charge in [0, 0.05) is 17.8 Å². The van der Waals surface area contributed by atoms with Crippen molar-refractivity contribution >= 4 is 0 Å². The third kappa shape index (κ3) is 2.04. The Morgan fingerprint density at radius 3 is 2.56 bits per heavy atom. The molecule has 2 aromatic rings. The second-order valence-corrected chi connectivity index (χ2v) is 4.48. The fourth-order valence-corrected chi connectivity index (χ4v) is 2.05. The Hall–Kier alpha value is -1.68. The van der Waals surface area contributed by atoms with E-state index in [0.29, 0.717) is 12.1 Å². The highest BCUT2D eigenvalue weighted by Crippen LogP contribution is 2.22. The number of aryl methyl sites for hydroxylation is 1. The molecule has 0 aliphatic carbocycles. The zero-order valence-corrected chi connectivity index (χ0v) is 11.2. The highest BCUT2D eigenvalue weighted by molar-refractivity contribution is 5.44. The van der Waals surface area contributed by atoms with E-state index in [1.54, 1.807) is 6.07 Å². The topological polar surface area (TPSA) is 29.9 Å². The van der Waals surface area contributed by atoms with E-state index in [1.807, 2.05) is 38.6 Å². The van der Waals surface area contributed by atoms with Crippen LogP contribution in [0.3, 0.4) is 0 Å². The van der Waals surface area contributed by atoms with Gasteiger partial charge in [0.25, 0.3) is 0 Å². The van der Waals surface area contributed by atoms with Crippen molar-refractivity contribution in [3.05, 3.63) is 46.5 Å². The average molecular weight is 247 g/mol. The maximum absolute atomic E-state index is 13.9. The number of nitrogens with one attached hydrogen (secondary N) is 1. The number of halogens is 1. The zero-order chi connectivity index (χ0) is 13.3. The lowest BCUT2D eigenvalue weighted by Gasteiger charge is -2.12. The second-order valence-electron chi connectivity index (χ2n) is 4.48. The molecular formula is C14H18FN3. The minimum atomic E-state index is -0.202. The van der Waals surface area contributed by atoms with Crippen molar-refractivity contribution in [1.29, 1.82) is 0 Å². The summed E-state index contributed by atoms with van der Waals surface area (Å²) in [5.74, 6) is -0.202. The lowest BCUT2D eigenvalue weighted by atomic mass is 10.1. The number of benzene rings is 1. The molecule has 1 aromatic carbocycles. The molecule has 0 unspecified atom stereocenters. The van der Waals surface area contributed by atoms with Crippen LogP contribution in [0.1, 0.15) is 22.5 Å². The van der Waals surface area contributed by atoms with Gasteiger partial charge in [0.1, 0.15) is 5.82 Å². The number of aromatic nitrogens is 2. The summed E-state index contributed by atoms with van der Waals surface area (Å²) in [5, 5.41) is 7.48. The summed E-state index contributed by atoms with van der Waals surface area (Å²) in [6.45, 7) is 6.49. The van der Waals surface area contributed by atoms with Crippen LogP contribution in [0.2, 0.25) is 0 Å². The largest absolute Gasteiger partial charge is 0.316 e. The molecule has 0 radical (unpaired) electrons. The van der Waals surface area contributed by atoms with Gasteiger partial charge < -0.3 is 5.32 Å². The molecule has 96 valence electrons. The smallest absolute Gasteiger partial charge is 0.129 e. The van der Waals surface area contributed by atoms with E-state index < -0.39 is 0 Å². The van der Waals surface area contributed by atoms with E-state index in [1.165, 1.54) is 6.07 Å². The Balaban J connectivity index is 2.63. The quantitative estimate of drug-likeness (QED) is 0.903. The molecule has 4 heteroatoms. The minimum Gasteiger partial charge on any atom is -0.316 e. The molecule has 0 fully saturated rings. The van der Waals surface area contributed by atoms with Crippen LogP contribution in [-0.4, -0.2) is 16.8 Å². The monoisotopic (exact) mass is 247 g/mol. The van der Waals surface area contributed by atoms with Crippen LogP contribution in [-0.2, 0) is 6.54 Å². The summed E-state index contributed by atoms with van der Waals surface area (Å²) in [4.78, 5) is 0. The van der Waals surface area contributed by atoms with E-state index in [2.05, 4.69) is 10.4 Å². The maximum atomic E-state index is 13.9. The van der Waals surface area contributed by atoms with Gasteiger partial charge in [-0.3, -0.25) is 0 Å². The average Bonchev–Trinajstić information content (AvgIpc) is 2.60. The van der Waals surface area contributed by atoms with E-state index in [4.69, 9.17) is 0 Å². The van der Waals surface area contributed by atoms with Crippen LogP contribution in [0.25, 0.3) is 5.69 Å². The normalized spacial score (nSPS) is 10.9. The highest BCUT2D eigenvalue weighted by atomic mass is 19.1. The van der Waals surface area contributed by atoms with Gasteiger partial charge in [-0.1, -0.05) is 6.07 Å². The third-order valence-corrected chi connectivity index (χ3v) is 3.33. The number of hydrogen-bond acceptors (Lipinski definition) is 2. The molecule has 0 aliphatic heterocycles. The molecule has 0 saturated carbocycles. The first kappa shape index (κ1) is 12.8. The fraction of sp³-hybridized carbons (Fsp3) is 0.357. The highest BCUT2D eigenvalue weighted by Gasteiger charge is 2.14. The molecule has 2 rings (SSSR count). The summed E-state index contributed by atoms with van der Waals surface area (Å²) in [5.41, 5.74) is 4.63. The first-order valence-electron chi connectivity index (χ1n) is 6.01. The van der Waals surface area contributed by atoms with Crippen LogP contribution >= 0.6 is 0 Å². The predicted molar refractivity (Wildman–Crippen MR) is 70.5 cm³/mol. The Labute approximate surface area is 107 Å². The van der Waals surface area contributed by atoms with Crippen LogP contribution in [0.5, 0.6) is 0 Å². The number of nitrogens with zero attached hydrogens (tertiary/aromatic N) is 2. The van der Waals surface area contributed by atoms with E-state index in [9.17, 15) is 4.39 Å². The lowest BCUT2D eigenvalue weighted by Crippen LogP contribution is -2.12. The van der Waals surface area contributed by atoms with E-state index >= 15 is 0 Å². The summed E-state index contributed by atoms with van der Waals surface area (Å²) >= 11 is 0. The molecule has 0 bridgehead atoms. The van der Waals surface area contributed by atoms with Gasteiger partial charge in [0.2, 0.25) is 0 Å². The van der Waals surface area contributed by atoms with Crippen molar-refractivity contribution in [2.24, 2.45) is 0 Å². The van der Waals surface area contributed by atoms with Gasteiger partial charge in [0.05, 0.1) is 11.4 Å². The van der Waals surface area contributed by atoms with E-state index in [-0.39, 0.29) is 5.82 Å². The van der Waals surface area contributed by atoms with Gasteiger partial charge in [0.15, 0.2) is 0 Å². The van der Waals surface area contributed by atoms with Crippen molar-refractivity contribution in [3.63, 3.8) is 0 Å². The Morgan fingerprint density at radius 2 is 2.00 bits per heavy atom. The standard InChI is InChI=1S/C14H18FN3/c1-9-10(2)17-18(11(9)3)14-7-5-6-13(15)12(14)8-16-4/h5-7,16H,8H2,1-4H3. The van der Waals surface area contributed by atoms with Crippen LogP contribution in [0, 0.1) is 26.6 Å². The molecule has 1 N–H and O–H groups in total. The number of rotatable bonds is 3. The summed E-state index contributed by atoms with van der Waals surface area (Å²) in [6, 6.07) is 5.10. The van der Waals surface area contributed by atoms with Gasteiger partial charge >= 0.3 is 0 Å².